The molecular formula is C15H13BrN2O2. The maximum absolute atomic E-state index is 10.9. The molecule has 4 nitrogen and oxygen atoms in total. The highest BCUT2D eigenvalue weighted by molar-refractivity contribution is 9.10. The zero-order valence-electron chi connectivity index (χ0n) is 10.8. The van der Waals surface area contributed by atoms with E-state index in [1.165, 1.54) is 0 Å². The number of carboxylic acid groups (broad SMARTS) is 1. The number of carbonyl (C=O) groups is 1. The molecule has 0 unspecified atom stereocenters. The first-order valence-electron chi connectivity index (χ1n) is 5.96. The number of nitrogens with one attached hydrogen (secondary N) is 1. The number of benzene rings is 2. The number of rotatable bonds is 4. The van der Waals surface area contributed by atoms with Crippen LogP contribution >= 0.6 is 15.9 Å². The van der Waals surface area contributed by atoms with Gasteiger partial charge in [0.05, 0.1) is 17.0 Å². The van der Waals surface area contributed by atoms with Crippen LogP contribution in [0.2, 0.25) is 0 Å². The molecule has 0 bridgehead atoms. The average molecular weight is 333 g/mol. The van der Waals surface area contributed by atoms with Crippen LogP contribution in [0, 0.1) is 0 Å². The number of carboxylic acids is 1. The third-order valence-electron chi connectivity index (χ3n) is 2.72. The van der Waals surface area contributed by atoms with Crippen molar-refractivity contribution in [2.24, 2.45) is 5.10 Å². The number of aromatic carboxylic acids is 1. The molecule has 0 saturated carbocycles. The van der Waals surface area contributed by atoms with E-state index in [0.717, 1.165) is 15.7 Å². The zero-order valence-corrected chi connectivity index (χ0v) is 12.4. The zero-order chi connectivity index (χ0) is 14.5. The number of hydrogen-bond donors (Lipinski definition) is 2. The number of anilines is 1. The molecule has 0 aliphatic rings. The van der Waals surface area contributed by atoms with Gasteiger partial charge in [0, 0.05) is 4.47 Å². The predicted molar refractivity (Wildman–Crippen MR) is 83.4 cm³/mol. The first-order chi connectivity index (χ1) is 9.56. The van der Waals surface area contributed by atoms with Gasteiger partial charge in [-0.25, -0.2) is 4.79 Å². The minimum atomic E-state index is -0.956. The van der Waals surface area contributed by atoms with Gasteiger partial charge < -0.3 is 5.11 Å². The molecule has 0 heterocycles. The van der Waals surface area contributed by atoms with Gasteiger partial charge in [-0.3, -0.25) is 5.43 Å². The van der Waals surface area contributed by atoms with E-state index in [1.54, 1.807) is 24.3 Å². The Labute approximate surface area is 125 Å². The number of halogens is 1. The second kappa shape index (κ2) is 6.34. The molecule has 102 valence electrons. The Morgan fingerprint density at radius 2 is 1.85 bits per heavy atom. The summed E-state index contributed by atoms with van der Waals surface area (Å²) in [6.45, 7) is 1.89. The second-order valence-corrected chi connectivity index (χ2v) is 5.12. The van der Waals surface area contributed by atoms with Crippen molar-refractivity contribution in [3.8, 4) is 0 Å². The van der Waals surface area contributed by atoms with E-state index in [-0.39, 0.29) is 5.56 Å². The van der Waals surface area contributed by atoms with Crippen molar-refractivity contribution in [3.63, 3.8) is 0 Å². The summed E-state index contributed by atoms with van der Waals surface area (Å²) < 4.78 is 1.01. The monoisotopic (exact) mass is 332 g/mol. The highest BCUT2D eigenvalue weighted by Crippen LogP contribution is 2.13. The molecule has 0 aromatic heterocycles. The fourth-order valence-electron chi connectivity index (χ4n) is 1.63. The van der Waals surface area contributed by atoms with E-state index in [4.69, 9.17) is 5.11 Å². The Morgan fingerprint density at radius 3 is 2.50 bits per heavy atom. The molecule has 2 aromatic rings. The summed E-state index contributed by atoms with van der Waals surface area (Å²) in [6.07, 6.45) is 0. The standard InChI is InChI=1S/C15H13BrN2O2/c1-10(11-5-7-13(16)8-6-11)17-18-14-4-2-3-12(9-14)15(19)20/h2-9,18H,1H3,(H,19,20)/b17-10+. The highest BCUT2D eigenvalue weighted by atomic mass is 79.9. The molecule has 0 fully saturated rings. The van der Waals surface area contributed by atoms with Gasteiger partial charge in [-0.05, 0) is 42.8 Å². The normalized spacial score (nSPS) is 11.2. The first kappa shape index (κ1) is 14.3. The van der Waals surface area contributed by atoms with E-state index in [0.29, 0.717) is 5.69 Å². The molecule has 0 atom stereocenters. The Morgan fingerprint density at radius 1 is 1.15 bits per heavy atom. The van der Waals surface area contributed by atoms with Crippen LogP contribution in [-0.4, -0.2) is 16.8 Å². The lowest BCUT2D eigenvalue weighted by Gasteiger charge is -2.04. The van der Waals surface area contributed by atoms with Crippen LogP contribution in [0.4, 0.5) is 5.69 Å². The van der Waals surface area contributed by atoms with Gasteiger partial charge in [0.15, 0.2) is 0 Å². The number of hydrogen-bond acceptors (Lipinski definition) is 3. The molecule has 5 heteroatoms. The lowest BCUT2D eigenvalue weighted by molar-refractivity contribution is 0.0697. The molecule has 0 radical (unpaired) electrons. The van der Waals surface area contributed by atoms with E-state index >= 15 is 0 Å². The second-order valence-electron chi connectivity index (χ2n) is 4.20. The number of nitrogens with zero attached hydrogens (tertiary/aromatic N) is 1. The maximum atomic E-state index is 10.9. The summed E-state index contributed by atoms with van der Waals surface area (Å²) in [6, 6.07) is 14.3. The third kappa shape index (κ3) is 3.68. The summed E-state index contributed by atoms with van der Waals surface area (Å²) in [7, 11) is 0. The molecule has 0 aliphatic heterocycles. The SMILES string of the molecule is C/C(=N\Nc1cccc(C(=O)O)c1)c1ccc(Br)cc1. The van der Waals surface area contributed by atoms with Crippen LogP contribution in [-0.2, 0) is 0 Å². The van der Waals surface area contributed by atoms with Gasteiger partial charge in [0.25, 0.3) is 0 Å². The largest absolute Gasteiger partial charge is 0.478 e. The predicted octanol–water partition coefficient (Wildman–Crippen LogP) is 3.98. The van der Waals surface area contributed by atoms with Gasteiger partial charge in [-0.2, -0.15) is 5.10 Å². The molecule has 2 aromatic carbocycles. The fraction of sp³-hybridized carbons (Fsp3) is 0.0667. The van der Waals surface area contributed by atoms with Gasteiger partial charge in [-0.1, -0.05) is 34.1 Å². The van der Waals surface area contributed by atoms with Gasteiger partial charge in [0.1, 0.15) is 0 Å². The molecule has 0 aliphatic carbocycles. The molecule has 0 amide bonds. The van der Waals surface area contributed by atoms with Crippen LogP contribution in [0.3, 0.4) is 0 Å². The van der Waals surface area contributed by atoms with Crippen LogP contribution in [0.25, 0.3) is 0 Å². The van der Waals surface area contributed by atoms with Crippen molar-refractivity contribution in [3.05, 3.63) is 64.1 Å². The van der Waals surface area contributed by atoms with Crippen molar-refractivity contribution in [1.29, 1.82) is 0 Å². The molecule has 0 saturated heterocycles. The smallest absolute Gasteiger partial charge is 0.335 e. The third-order valence-corrected chi connectivity index (χ3v) is 3.25. The maximum Gasteiger partial charge on any atom is 0.335 e. The van der Waals surface area contributed by atoms with Crippen LogP contribution in [0.15, 0.2) is 58.1 Å². The lowest BCUT2D eigenvalue weighted by atomic mass is 10.1. The first-order valence-corrected chi connectivity index (χ1v) is 6.75. The highest BCUT2D eigenvalue weighted by Gasteiger charge is 2.02. The van der Waals surface area contributed by atoms with E-state index in [2.05, 4.69) is 26.5 Å². The topological polar surface area (TPSA) is 61.7 Å². The van der Waals surface area contributed by atoms with Crippen molar-refractivity contribution < 1.29 is 9.90 Å². The lowest BCUT2D eigenvalue weighted by Crippen LogP contribution is -2.01. The fourth-order valence-corrected chi connectivity index (χ4v) is 1.89. The summed E-state index contributed by atoms with van der Waals surface area (Å²) in [5.74, 6) is -0.956. The van der Waals surface area contributed by atoms with Gasteiger partial charge in [0.2, 0.25) is 0 Å². The molecule has 20 heavy (non-hydrogen) atoms. The van der Waals surface area contributed by atoms with E-state index in [1.807, 2.05) is 31.2 Å². The van der Waals surface area contributed by atoms with Gasteiger partial charge >= 0.3 is 5.97 Å². The number of hydrazone groups is 1. The summed E-state index contributed by atoms with van der Waals surface area (Å²) in [4.78, 5) is 10.9. The minimum Gasteiger partial charge on any atom is -0.478 e. The minimum absolute atomic E-state index is 0.228. The summed E-state index contributed by atoms with van der Waals surface area (Å²) in [5.41, 5.74) is 5.55. The van der Waals surface area contributed by atoms with Crippen LogP contribution in [0.1, 0.15) is 22.8 Å². The van der Waals surface area contributed by atoms with E-state index in [9.17, 15) is 4.79 Å². The van der Waals surface area contributed by atoms with Crippen molar-refractivity contribution >= 4 is 33.3 Å². The molecular weight excluding hydrogens is 320 g/mol. The van der Waals surface area contributed by atoms with Crippen LogP contribution in [0.5, 0.6) is 0 Å². The molecule has 0 spiro atoms. The summed E-state index contributed by atoms with van der Waals surface area (Å²) in [5, 5.41) is 13.2. The van der Waals surface area contributed by atoms with Crippen LogP contribution < -0.4 is 5.43 Å². The quantitative estimate of drug-likeness (QED) is 0.657. The van der Waals surface area contributed by atoms with Crippen molar-refractivity contribution in [2.45, 2.75) is 6.92 Å². The summed E-state index contributed by atoms with van der Waals surface area (Å²) >= 11 is 3.38. The van der Waals surface area contributed by atoms with Gasteiger partial charge in [-0.15, -0.1) is 0 Å². The Balaban J connectivity index is 2.14. The Kier molecular flexibility index (Phi) is 4.53. The average Bonchev–Trinajstić information content (AvgIpc) is 2.46. The van der Waals surface area contributed by atoms with Crippen molar-refractivity contribution in [1.82, 2.24) is 0 Å². The molecule has 2 rings (SSSR count). The van der Waals surface area contributed by atoms with E-state index < -0.39 is 5.97 Å². The Hall–Kier alpha value is -2.14. The Bertz CT molecular complexity index is 651. The molecule has 2 N–H and O–H groups in total. The van der Waals surface area contributed by atoms with Crippen molar-refractivity contribution in [2.75, 3.05) is 5.43 Å².